The van der Waals surface area contributed by atoms with Gasteiger partial charge in [0.25, 0.3) is 0 Å². The van der Waals surface area contributed by atoms with Crippen molar-refractivity contribution < 1.29 is 103 Å². The van der Waals surface area contributed by atoms with E-state index in [1.165, 1.54) is 48.5 Å². The van der Waals surface area contributed by atoms with Crippen LogP contribution in [-0.4, -0.2) is 181 Å². The van der Waals surface area contributed by atoms with Crippen molar-refractivity contribution in [3.05, 3.63) is 0 Å². The van der Waals surface area contributed by atoms with Crippen LogP contribution in [0.3, 0.4) is 0 Å². The molecule has 21 nitrogen and oxygen atoms in total. The highest BCUT2D eigenvalue weighted by atomic mass is 16.6. The molecule has 9 N–H and O–H groups in total. The van der Waals surface area contributed by atoms with Gasteiger partial charge in [-0.25, -0.2) is 0 Å². The van der Waals surface area contributed by atoms with E-state index in [1.54, 1.807) is 0 Å². The zero-order chi connectivity index (χ0) is 44.5. The summed E-state index contributed by atoms with van der Waals surface area (Å²) in [5.41, 5.74) is -12.6. The third-order valence-corrected chi connectivity index (χ3v) is 9.94. The van der Waals surface area contributed by atoms with E-state index in [4.69, 9.17) is 28.4 Å². The van der Waals surface area contributed by atoms with Crippen molar-refractivity contribution in [3.63, 3.8) is 0 Å². The lowest BCUT2D eigenvalue weighted by Crippen LogP contribution is -2.47. The fraction of sp³-hybridized carbons (Fsp3) is 0.833. The van der Waals surface area contributed by atoms with Crippen molar-refractivity contribution >= 4 is 35.8 Å². The van der Waals surface area contributed by atoms with Crippen LogP contribution in [-0.2, 0) is 57.2 Å². The van der Waals surface area contributed by atoms with E-state index in [1.807, 2.05) is 0 Å². The van der Waals surface area contributed by atoms with Gasteiger partial charge in [-0.05, 0) is 48.0 Å². The Morgan fingerprint density at radius 1 is 0.316 bits per heavy atom. The van der Waals surface area contributed by atoms with E-state index in [0.717, 1.165) is 0 Å². The summed E-state index contributed by atoms with van der Waals surface area (Å²) >= 11 is 0. The van der Waals surface area contributed by atoms with Crippen molar-refractivity contribution in [3.8, 4) is 0 Å². The van der Waals surface area contributed by atoms with Crippen LogP contribution in [0.1, 0.15) is 54.9 Å². The van der Waals surface area contributed by atoms with Crippen LogP contribution in [0.25, 0.3) is 0 Å². The fourth-order valence-corrected chi connectivity index (χ4v) is 3.85. The first-order valence-corrected chi connectivity index (χ1v) is 17.9. The number of hydrogen-bond acceptors (Lipinski definition) is 21. The lowest BCUT2D eigenvalue weighted by molar-refractivity contribution is -0.183. The lowest BCUT2D eigenvalue weighted by atomic mass is 9.86. The third-order valence-electron chi connectivity index (χ3n) is 9.94. The molecule has 0 aromatic heterocycles. The summed E-state index contributed by atoms with van der Waals surface area (Å²) in [5, 5.41) is 87.3. The standard InChI is InChI=1S/C36H62O21/c1-8-36(21-55-27(49)33(5,15-43)18-52-24(46)30(2,9-37)10-38,22-56-28(50)34(6,16-44)19-53-25(47)31(3,11-39)12-40)23-57-29(51)35(7,17-45)20-54-26(48)32(4,13-41)14-42/h37-45H,8-23H2,1-7H3. The maximum Gasteiger partial charge on any atom is 0.317 e. The monoisotopic (exact) mass is 830 g/mol. The molecule has 0 heterocycles. The summed E-state index contributed by atoms with van der Waals surface area (Å²) in [5.74, 6) is -6.75. The van der Waals surface area contributed by atoms with Gasteiger partial charge in [0.15, 0.2) is 0 Å². The Labute approximate surface area is 330 Å². The summed E-state index contributed by atoms with van der Waals surface area (Å²) < 4.78 is 31.8. The SMILES string of the molecule is CCC(COC(=O)C(C)(CO)COC(=O)C(C)(CO)CO)(COC(=O)C(C)(CO)COC(=O)C(C)(CO)CO)COC(=O)C(C)(CO)COC(=O)C(C)(CO)CO. The Hall–Kier alpha value is -3.54. The number of ether oxygens (including phenoxy) is 6. The first-order valence-electron chi connectivity index (χ1n) is 17.9. The van der Waals surface area contributed by atoms with Gasteiger partial charge in [-0.3, -0.25) is 28.8 Å². The van der Waals surface area contributed by atoms with Crippen LogP contribution < -0.4 is 0 Å². The smallest absolute Gasteiger partial charge is 0.317 e. The molecule has 3 unspecified atom stereocenters. The predicted molar refractivity (Wildman–Crippen MR) is 191 cm³/mol. The van der Waals surface area contributed by atoms with Crippen molar-refractivity contribution in [2.24, 2.45) is 37.9 Å². The second kappa shape index (κ2) is 22.6. The van der Waals surface area contributed by atoms with Gasteiger partial charge < -0.3 is 74.4 Å². The maximum absolute atomic E-state index is 13.4. The van der Waals surface area contributed by atoms with Gasteiger partial charge in [-0.2, -0.15) is 0 Å². The van der Waals surface area contributed by atoms with Crippen LogP contribution in [0.4, 0.5) is 0 Å². The summed E-state index contributed by atoms with van der Waals surface area (Å²) in [7, 11) is 0. The maximum atomic E-state index is 13.4. The van der Waals surface area contributed by atoms with Crippen LogP contribution in [0.2, 0.25) is 0 Å². The number of carbonyl (C=O) groups excluding carboxylic acids is 6. The van der Waals surface area contributed by atoms with E-state index in [2.05, 4.69) is 0 Å². The first kappa shape index (κ1) is 53.5. The molecule has 0 aliphatic rings. The number of rotatable bonds is 28. The molecule has 0 saturated carbocycles. The van der Waals surface area contributed by atoms with E-state index >= 15 is 0 Å². The van der Waals surface area contributed by atoms with Gasteiger partial charge >= 0.3 is 35.8 Å². The zero-order valence-corrected chi connectivity index (χ0v) is 33.7. The van der Waals surface area contributed by atoms with Gasteiger partial charge in [-0.15, -0.1) is 0 Å². The Kier molecular flexibility index (Phi) is 21.2. The van der Waals surface area contributed by atoms with Crippen molar-refractivity contribution in [2.75, 3.05) is 99.1 Å². The molecule has 0 fully saturated rings. The Bertz CT molecular complexity index is 1180. The molecule has 3 atom stereocenters. The van der Waals surface area contributed by atoms with E-state index in [9.17, 15) is 74.7 Å². The molecule has 0 rings (SSSR count). The van der Waals surface area contributed by atoms with Crippen molar-refractivity contribution in [1.29, 1.82) is 0 Å². The van der Waals surface area contributed by atoms with Crippen molar-refractivity contribution in [2.45, 2.75) is 54.9 Å². The third kappa shape index (κ3) is 13.8. The minimum atomic E-state index is -1.93. The van der Waals surface area contributed by atoms with Gasteiger partial charge in [0.2, 0.25) is 0 Å². The van der Waals surface area contributed by atoms with Gasteiger partial charge in [0, 0.05) is 0 Å². The minimum Gasteiger partial charge on any atom is -0.464 e. The van der Waals surface area contributed by atoms with E-state index in [0.29, 0.717) is 0 Å². The molecule has 0 aromatic carbocycles. The number of carbonyl (C=O) groups is 6. The number of hydrogen-bond donors (Lipinski definition) is 9. The normalized spacial score (nSPS) is 16.4. The number of esters is 6. The second-order valence-corrected chi connectivity index (χ2v) is 16.1. The topological polar surface area (TPSA) is 340 Å². The quantitative estimate of drug-likeness (QED) is 0.0274. The van der Waals surface area contributed by atoms with E-state index < -0.39 is 173 Å². The highest BCUT2D eigenvalue weighted by Crippen LogP contribution is 2.31. The molecule has 0 bridgehead atoms. The predicted octanol–water partition coefficient (Wildman–Crippen LogP) is -3.39. The number of aliphatic hydroxyl groups is 9. The Morgan fingerprint density at radius 2 is 0.474 bits per heavy atom. The molecule has 0 spiro atoms. The summed E-state index contributed by atoms with van der Waals surface area (Å²) in [6.45, 7) is -3.49. The van der Waals surface area contributed by atoms with Crippen LogP contribution in [0.15, 0.2) is 0 Å². The average Bonchev–Trinajstić information content (AvgIpc) is 3.24. The van der Waals surface area contributed by atoms with Gasteiger partial charge in [0.1, 0.15) is 72.1 Å². The molecule has 0 saturated heterocycles. The average molecular weight is 831 g/mol. The molecule has 0 aromatic rings. The largest absolute Gasteiger partial charge is 0.464 e. The molecule has 0 aliphatic heterocycles. The molecule has 0 radical (unpaired) electrons. The van der Waals surface area contributed by atoms with Crippen LogP contribution in [0.5, 0.6) is 0 Å². The van der Waals surface area contributed by atoms with Crippen LogP contribution in [0, 0.1) is 37.9 Å². The molecule has 0 aliphatic carbocycles. The van der Waals surface area contributed by atoms with Gasteiger partial charge in [-0.1, -0.05) is 6.92 Å². The highest BCUT2D eigenvalue weighted by molar-refractivity contribution is 5.81. The summed E-state index contributed by atoms with van der Waals surface area (Å²) in [6.07, 6.45) is -0.0939. The Balaban J connectivity index is 6.49. The van der Waals surface area contributed by atoms with Crippen LogP contribution >= 0.6 is 0 Å². The minimum absolute atomic E-state index is 0.0939. The molecular formula is C36H62O21. The molecule has 332 valence electrons. The summed E-state index contributed by atoms with van der Waals surface area (Å²) in [4.78, 5) is 77.7. The summed E-state index contributed by atoms with van der Waals surface area (Å²) in [6, 6.07) is 0. The highest BCUT2D eigenvalue weighted by Gasteiger charge is 2.46. The van der Waals surface area contributed by atoms with Crippen molar-refractivity contribution in [1.82, 2.24) is 0 Å². The molecular weight excluding hydrogens is 768 g/mol. The number of aliphatic hydroxyl groups excluding tert-OH is 9. The van der Waals surface area contributed by atoms with Gasteiger partial charge in [0.05, 0.1) is 64.9 Å². The molecule has 21 heteroatoms. The fourth-order valence-electron chi connectivity index (χ4n) is 3.85. The van der Waals surface area contributed by atoms with E-state index in [-0.39, 0.29) is 6.42 Å². The zero-order valence-electron chi connectivity index (χ0n) is 33.7. The second-order valence-electron chi connectivity index (χ2n) is 16.1. The molecule has 0 amide bonds. The Morgan fingerprint density at radius 3 is 0.632 bits per heavy atom. The molecule has 57 heavy (non-hydrogen) atoms. The lowest BCUT2D eigenvalue weighted by Gasteiger charge is -2.35. The first-order chi connectivity index (χ1) is 26.4.